The quantitative estimate of drug-likeness (QED) is 0.507. The molecule has 0 spiro atoms. The van der Waals surface area contributed by atoms with Crippen LogP contribution in [0.15, 0.2) is 18.3 Å². The van der Waals surface area contributed by atoms with Crippen LogP contribution in [0.25, 0.3) is 11.0 Å². The summed E-state index contributed by atoms with van der Waals surface area (Å²) < 4.78 is 0. The summed E-state index contributed by atoms with van der Waals surface area (Å²) >= 11 is 5.45. The van der Waals surface area contributed by atoms with E-state index in [-0.39, 0.29) is 0 Å². The molecule has 0 aliphatic heterocycles. The maximum Gasteiger partial charge on any atom is 0.182 e. The van der Waals surface area contributed by atoms with Gasteiger partial charge in [-0.25, -0.2) is 4.98 Å². The molecule has 0 amide bonds. The molecule has 0 aliphatic carbocycles. The molecule has 0 unspecified atom stereocenters. The standard InChI is InChI=1S/C9H6ClN3/c10-5-1-4-8-7-3-2-6-11-9(7)13-12-8/h2-3,6H,5H2,(H,11,12,13). The number of nitrogens with zero attached hydrogens (tertiary/aromatic N) is 2. The fourth-order valence-electron chi connectivity index (χ4n) is 1.07. The van der Waals surface area contributed by atoms with Crippen LogP contribution in [0, 0.1) is 11.8 Å². The lowest BCUT2D eigenvalue weighted by atomic mass is 10.3. The third kappa shape index (κ3) is 1.49. The molecule has 0 aromatic carbocycles. The molecule has 2 aromatic rings. The van der Waals surface area contributed by atoms with Gasteiger partial charge in [-0.15, -0.1) is 11.6 Å². The summed E-state index contributed by atoms with van der Waals surface area (Å²) in [5.41, 5.74) is 1.45. The second-order valence-electron chi connectivity index (χ2n) is 2.41. The minimum absolute atomic E-state index is 0.320. The van der Waals surface area contributed by atoms with E-state index in [1.165, 1.54) is 0 Å². The molecule has 0 fully saturated rings. The van der Waals surface area contributed by atoms with Gasteiger partial charge < -0.3 is 0 Å². The van der Waals surface area contributed by atoms with E-state index in [2.05, 4.69) is 27.0 Å². The third-order valence-electron chi connectivity index (χ3n) is 1.61. The molecule has 0 saturated heterocycles. The summed E-state index contributed by atoms with van der Waals surface area (Å²) in [4.78, 5) is 4.07. The van der Waals surface area contributed by atoms with Crippen molar-refractivity contribution >= 4 is 22.6 Å². The number of rotatable bonds is 0. The first kappa shape index (κ1) is 8.09. The van der Waals surface area contributed by atoms with E-state index in [4.69, 9.17) is 11.6 Å². The van der Waals surface area contributed by atoms with Gasteiger partial charge in [0.05, 0.1) is 11.3 Å². The highest BCUT2D eigenvalue weighted by Crippen LogP contribution is 2.10. The fourth-order valence-corrected chi connectivity index (χ4v) is 1.13. The van der Waals surface area contributed by atoms with Crippen LogP contribution in [0.2, 0.25) is 0 Å². The zero-order chi connectivity index (χ0) is 9.10. The Labute approximate surface area is 80.1 Å². The Kier molecular flexibility index (Phi) is 2.15. The Morgan fingerprint density at radius 1 is 1.54 bits per heavy atom. The van der Waals surface area contributed by atoms with Crippen molar-refractivity contribution in [3.8, 4) is 11.8 Å². The number of H-pyrrole nitrogens is 1. The molecule has 1 N–H and O–H groups in total. The first-order valence-electron chi connectivity index (χ1n) is 3.76. The van der Waals surface area contributed by atoms with E-state index in [9.17, 15) is 0 Å². The minimum Gasteiger partial charge on any atom is -0.267 e. The fraction of sp³-hybridized carbons (Fsp3) is 0.111. The van der Waals surface area contributed by atoms with Crippen molar-refractivity contribution in [2.75, 3.05) is 5.88 Å². The predicted molar refractivity (Wildman–Crippen MR) is 51.5 cm³/mol. The van der Waals surface area contributed by atoms with Crippen LogP contribution >= 0.6 is 11.6 Å². The molecule has 4 heteroatoms. The van der Waals surface area contributed by atoms with Crippen LogP contribution in [-0.4, -0.2) is 21.1 Å². The van der Waals surface area contributed by atoms with E-state index in [1.54, 1.807) is 6.20 Å². The Hall–Kier alpha value is -1.53. The number of hydrogen-bond acceptors (Lipinski definition) is 2. The maximum absolute atomic E-state index is 5.45. The zero-order valence-electron chi connectivity index (χ0n) is 6.71. The number of aromatic amines is 1. The molecular formula is C9H6ClN3. The average molecular weight is 192 g/mol. The number of halogens is 1. The zero-order valence-corrected chi connectivity index (χ0v) is 7.47. The summed E-state index contributed by atoms with van der Waals surface area (Å²) in [6.45, 7) is 0. The van der Waals surface area contributed by atoms with Crippen LogP contribution in [0.5, 0.6) is 0 Å². The number of pyridine rings is 1. The summed E-state index contributed by atoms with van der Waals surface area (Å²) in [6, 6.07) is 3.77. The van der Waals surface area contributed by atoms with Crippen molar-refractivity contribution in [2.45, 2.75) is 0 Å². The number of fused-ring (bicyclic) bond motifs is 1. The van der Waals surface area contributed by atoms with E-state index in [0.29, 0.717) is 11.5 Å². The molecule has 0 bridgehead atoms. The third-order valence-corrected chi connectivity index (χ3v) is 1.74. The maximum atomic E-state index is 5.45. The molecule has 2 rings (SSSR count). The van der Waals surface area contributed by atoms with Crippen LogP contribution in [0.1, 0.15) is 5.69 Å². The van der Waals surface area contributed by atoms with Gasteiger partial charge in [-0.05, 0) is 18.1 Å². The van der Waals surface area contributed by atoms with Gasteiger partial charge in [0.2, 0.25) is 0 Å². The molecular weight excluding hydrogens is 186 g/mol. The molecule has 0 radical (unpaired) electrons. The monoisotopic (exact) mass is 191 g/mol. The van der Waals surface area contributed by atoms with Crippen molar-refractivity contribution in [3.05, 3.63) is 24.0 Å². The molecule has 2 heterocycles. The summed E-state index contributed by atoms with van der Waals surface area (Å²) in [6.07, 6.45) is 1.70. The van der Waals surface area contributed by atoms with Crippen molar-refractivity contribution in [2.24, 2.45) is 0 Å². The second kappa shape index (κ2) is 3.46. The smallest absolute Gasteiger partial charge is 0.182 e. The lowest BCUT2D eigenvalue weighted by Crippen LogP contribution is -1.75. The number of aromatic nitrogens is 3. The van der Waals surface area contributed by atoms with E-state index < -0.39 is 0 Å². The van der Waals surface area contributed by atoms with Crippen LogP contribution in [0.3, 0.4) is 0 Å². The minimum atomic E-state index is 0.320. The molecule has 0 aliphatic rings. The van der Waals surface area contributed by atoms with E-state index in [1.807, 2.05) is 12.1 Å². The SMILES string of the molecule is ClCC#Cc1[nH]nc2ncccc12. The number of hydrogen-bond donors (Lipinski definition) is 1. The Balaban J connectivity index is 2.58. The largest absolute Gasteiger partial charge is 0.267 e. The molecule has 0 saturated carbocycles. The van der Waals surface area contributed by atoms with Gasteiger partial charge in [0.1, 0.15) is 5.69 Å². The van der Waals surface area contributed by atoms with Gasteiger partial charge in [-0.1, -0.05) is 5.92 Å². The number of alkyl halides is 1. The summed E-state index contributed by atoms with van der Waals surface area (Å²) in [7, 11) is 0. The summed E-state index contributed by atoms with van der Waals surface area (Å²) in [5.74, 6) is 5.96. The normalized spacial score (nSPS) is 9.62. The van der Waals surface area contributed by atoms with Gasteiger partial charge in [0.15, 0.2) is 5.65 Å². The topological polar surface area (TPSA) is 41.6 Å². The molecule has 3 nitrogen and oxygen atoms in total. The predicted octanol–water partition coefficient (Wildman–Crippen LogP) is 1.55. The molecule has 2 aromatic heterocycles. The van der Waals surface area contributed by atoms with Crippen molar-refractivity contribution in [1.82, 2.24) is 15.2 Å². The molecule has 0 atom stereocenters. The van der Waals surface area contributed by atoms with E-state index in [0.717, 1.165) is 11.1 Å². The van der Waals surface area contributed by atoms with Crippen molar-refractivity contribution in [1.29, 1.82) is 0 Å². The van der Waals surface area contributed by atoms with Crippen LogP contribution in [0.4, 0.5) is 0 Å². The number of nitrogens with one attached hydrogen (secondary N) is 1. The first-order chi connectivity index (χ1) is 6.42. The summed E-state index contributed by atoms with van der Waals surface area (Å²) in [5, 5.41) is 7.72. The van der Waals surface area contributed by atoms with Gasteiger partial charge in [0.25, 0.3) is 0 Å². The van der Waals surface area contributed by atoms with Gasteiger partial charge >= 0.3 is 0 Å². The van der Waals surface area contributed by atoms with Crippen molar-refractivity contribution < 1.29 is 0 Å². The van der Waals surface area contributed by atoms with Gasteiger partial charge in [-0.2, -0.15) is 5.10 Å². The van der Waals surface area contributed by atoms with E-state index >= 15 is 0 Å². The first-order valence-corrected chi connectivity index (χ1v) is 4.29. The highest BCUT2D eigenvalue weighted by atomic mass is 35.5. The van der Waals surface area contributed by atoms with Crippen LogP contribution in [-0.2, 0) is 0 Å². The Morgan fingerprint density at radius 3 is 3.31 bits per heavy atom. The van der Waals surface area contributed by atoms with Crippen LogP contribution < -0.4 is 0 Å². The van der Waals surface area contributed by atoms with Crippen molar-refractivity contribution in [3.63, 3.8) is 0 Å². The van der Waals surface area contributed by atoms with Gasteiger partial charge in [0, 0.05) is 6.20 Å². The highest BCUT2D eigenvalue weighted by Gasteiger charge is 2.00. The molecule has 64 valence electrons. The lowest BCUT2D eigenvalue weighted by molar-refractivity contribution is 1.08. The van der Waals surface area contributed by atoms with Gasteiger partial charge in [-0.3, -0.25) is 5.10 Å². The lowest BCUT2D eigenvalue weighted by Gasteiger charge is -1.84. The Bertz CT molecular complexity index is 478. The second-order valence-corrected chi connectivity index (χ2v) is 2.68. The highest BCUT2D eigenvalue weighted by molar-refractivity contribution is 6.19. The Morgan fingerprint density at radius 2 is 2.46 bits per heavy atom. The average Bonchev–Trinajstić information content (AvgIpc) is 2.58. The molecule has 13 heavy (non-hydrogen) atoms.